The Kier molecular flexibility index (Phi) is 4.02. The Morgan fingerprint density at radius 1 is 1.22 bits per heavy atom. The Morgan fingerprint density at radius 2 is 1.96 bits per heavy atom. The third-order valence-corrected chi connectivity index (χ3v) is 3.85. The summed E-state index contributed by atoms with van der Waals surface area (Å²) in [5, 5.41) is 0. The van der Waals surface area contributed by atoms with Crippen LogP contribution >= 0.6 is 0 Å². The van der Waals surface area contributed by atoms with E-state index in [0.717, 1.165) is 22.3 Å². The number of hydrogen-bond donors (Lipinski definition) is 0. The molecule has 2 aromatic carbocycles. The number of fused-ring (bicyclic) bond motifs is 1. The van der Waals surface area contributed by atoms with Crippen LogP contribution < -0.4 is 9.64 Å². The minimum atomic E-state index is -0.110. The quantitative estimate of drug-likeness (QED) is 0.744. The number of amides is 1. The summed E-state index contributed by atoms with van der Waals surface area (Å²) in [6, 6.07) is 13.4. The molecule has 0 fully saturated rings. The molecule has 1 aromatic heterocycles. The van der Waals surface area contributed by atoms with E-state index in [9.17, 15) is 4.79 Å². The standard InChI is InChI=1S/C18H19N3O2/c1-13-4-7-15(8-5-13)23-11-18(22)21(3)14-6-9-17-16(10-14)19-12-20(17)2/h4-10,12H,11H2,1-3H3. The molecule has 0 aliphatic rings. The van der Waals surface area contributed by atoms with Crippen LogP contribution in [0.5, 0.6) is 5.75 Å². The van der Waals surface area contributed by atoms with E-state index < -0.39 is 0 Å². The van der Waals surface area contributed by atoms with Gasteiger partial charge in [-0.15, -0.1) is 0 Å². The van der Waals surface area contributed by atoms with Crippen molar-refractivity contribution in [3.8, 4) is 5.75 Å². The molecule has 0 bridgehead atoms. The topological polar surface area (TPSA) is 47.4 Å². The highest BCUT2D eigenvalue weighted by atomic mass is 16.5. The van der Waals surface area contributed by atoms with Crippen LogP contribution in [-0.2, 0) is 11.8 Å². The van der Waals surface area contributed by atoms with E-state index >= 15 is 0 Å². The van der Waals surface area contributed by atoms with Crippen molar-refractivity contribution in [2.75, 3.05) is 18.6 Å². The highest BCUT2D eigenvalue weighted by molar-refractivity contribution is 5.95. The van der Waals surface area contributed by atoms with Crippen molar-refractivity contribution in [1.82, 2.24) is 9.55 Å². The van der Waals surface area contributed by atoms with Crippen molar-refractivity contribution in [2.45, 2.75) is 6.92 Å². The van der Waals surface area contributed by atoms with Gasteiger partial charge < -0.3 is 14.2 Å². The number of rotatable bonds is 4. The summed E-state index contributed by atoms with van der Waals surface area (Å²) >= 11 is 0. The third kappa shape index (κ3) is 3.18. The molecule has 0 aliphatic heterocycles. The molecule has 23 heavy (non-hydrogen) atoms. The first-order valence-electron chi connectivity index (χ1n) is 7.42. The molecule has 0 aliphatic carbocycles. The molecule has 0 spiro atoms. The Morgan fingerprint density at radius 3 is 2.70 bits per heavy atom. The van der Waals surface area contributed by atoms with Crippen LogP contribution in [0.15, 0.2) is 48.8 Å². The van der Waals surface area contributed by atoms with Gasteiger partial charge in [-0.25, -0.2) is 4.98 Å². The van der Waals surface area contributed by atoms with E-state index in [2.05, 4.69) is 4.98 Å². The van der Waals surface area contributed by atoms with Gasteiger partial charge in [0.2, 0.25) is 0 Å². The molecule has 0 radical (unpaired) electrons. The van der Waals surface area contributed by atoms with Crippen molar-refractivity contribution < 1.29 is 9.53 Å². The summed E-state index contributed by atoms with van der Waals surface area (Å²) in [5.41, 5.74) is 3.85. The second kappa shape index (κ2) is 6.12. The maximum absolute atomic E-state index is 12.3. The third-order valence-electron chi connectivity index (χ3n) is 3.85. The molecule has 3 aromatic rings. The van der Waals surface area contributed by atoms with Crippen LogP contribution in [0.3, 0.4) is 0 Å². The minimum Gasteiger partial charge on any atom is -0.484 e. The van der Waals surface area contributed by atoms with Crippen molar-refractivity contribution in [1.29, 1.82) is 0 Å². The van der Waals surface area contributed by atoms with Gasteiger partial charge in [0.1, 0.15) is 5.75 Å². The number of hydrogen-bond acceptors (Lipinski definition) is 3. The Bertz CT molecular complexity index is 837. The predicted molar refractivity (Wildman–Crippen MR) is 90.8 cm³/mol. The smallest absolute Gasteiger partial charge is 0.264 e. The molecule has 5 nitrogen and oxygen atoms in total. The van der Waals surface area contributed by atoms with Gasteiger partial charge >= 0.3 is 0 Å². The lowest BCUT2D eigenvalue weighted by molar-refractivity contribution is -0.120. The molecule has 0 saturated carbocycles. The molecular formula is C18H19N3O2. The molecule has 3 rings (SSSR count). The summed E-state index contributed by atoms with van der Waals surface area (Å²) in [5.74, 6) is 0.582. The summed E-state index contributed by atoms with van der Waals surface area (Å²) in [6.07, 6.45) is 1.76. The maximum atomic E-state index is 12.3. The average Bonchev–Trinajstić information content (AvgIpc) is 2.94. The summed E-state index contributed by atoms with van der Waals surface area (Å²) in [7, 11) is 3.68. The molecule has 118 valence electrons. The van der Waals surface area contributed by atoms with Gasteiger partial charge in [0.05, 0.1) is 17.4 Å². The normalized spacial score (nSPS) is 10.7. The number of aromatic nitrogens is 2. The highest BCUT2D eigenvalue weighted by Gasteiger charge is 2.13. The van der Waals surface area contributed by atoms with Gasteiger partial charge in [-0.2, -0.15) is 0 Å². The minimum absolute atomic E-state index is 0.000182. The number of nitrogens with zero attached hydrogens (tertiary/aromatic N) is 3. The number of aryl methyl sites for hydroxylation is 2. The second-order valence-electron chi connectivity index (χ2n) is 5.58. The highest BCUT2D eigenvalue weighted by Crippen LogP contribution is 2.20. The van der Waals surface area contributed by atoms with Crippen LogP contribution in [0.4, 0.5) is 5.69 Å². The Hall–Kier alpha value is -2.82. The van der Waals surface area contributed by atoms with Crippen molar-refractivity contribution in [3.05, 3.63) is 54.4 Å². The summed E-state index contributed by atoms with van der Waals surface area (Å²) < 4.78 is 7.49. The van der Waals surface area contributed by atoms with Gasteiger partial charge in [0.25, 0.3) is 5.91 Å². The molecule has 5 heteroatoms. The zero-order valence-electron chi connectivity index (χ0n) is 13.5. The lowest BCUT2D eigenvalue weighted by atomic mass is 10.2. The van der Waals surface area contributed by atoms with Gasteiger partial charge in [-0.1, -0.05) is 17.7 Å². The van der Waals surface area contributed by atoms with E-state index in [1.54, 1.807) is 18.3 Å². The lowest BCUT2D eigenvalue weighted by Crippen LogP contribution is -2.31. The number of carbonyl (C=O) groups excluding carboxylic acids is 1. The number of carbonyl (C=O) groups is 1. The van der Waals surface area contributed by atoms with E-state index in [-0.39, 0.29) is 12.5 Å². The maximum Gasteiger partial charge on any atom is 0.264 e. The van der Waals surface area contributed by atoms with Gasteiger partial charge in [-0.05, 0) is 37.3 Å². The number of anilines is 1. The van der Waals surface area contributed by atoms with Crippen LogP contribution in [0.1, 0.15) is 5.56 Å². The van der Waals surface area contributed by atoms with E-state index in [4.69, 9.17) is 4.74 Å². The molecule has 0 unspecified atom stereocenters. The first kappa shape index (κ1) is 15.1. The Balaban J connectivity index is 1.69. The van der Waals surface area contributed by atoms with Crippen LogP contribution in [0, 0.1) is 6.92 Å². The predicted octanol–water partition coefficient (Wildman–Crippen LogP) is 2.92. The van der Waals surface area contributed by atoms with Crippen LogP contribution in [0.25, 0.3) is 11.0 Å². The largest absolute Gasteiger partial charge is 0.484 e. The van der Waals surface area contributed by atoms with E-state index in [1.807, 2.05) is 61.0 Å². The molecule has 1 heterocycles. The monoisotopic (exact) mass is 309 g/mol. The van der Waals surface area contributed by atoms with Gasteiger partial charge in [0, 0.05) is 19.8 Å². The zero-order chi connectivity index (χ0) is 16.4. The lowest BCUT2D eigenvalue weighted by Gasteiger charge is -2.17. The molecule has 0 atom stereocenters. The number of imidazole rings is 1. The zero-order valence-corrected chi connectivity index (χ0v) is 13.5. The van der Waals surface area contributed by atoms with Crippen molar-refractivity contribution in [2.24, 2.45) is 7.05 Å². The fourth-order valence-electron chi connectivity index (χ4n) is 2.35. The summed E-state index contributed by atoms with van der Waals surface area (Å²) in [6.45, 7) is 2.01. The fraction of sp³-hybridized carbons (Fsp3) is 0.222. The first-order valence-corrected chi connectivity index (χ1v) is 7.42. The Labute approximate surface area is 135 Å². The first-order chi connectivity index (χ1) is 11.0. The van der Waals surface area contributed by atoms with Gasteiger partial charge in [0.15, 0.2) is 6.61 Å². The molecular weight excluding hydrogens is 290 g/mol. The number of likely N-dealkylation sites (N-methyl/N-ethyl adjacent to an activating group) is 1. The van der Waals surface area contributed by atoms with Crippen molar-refractivity contribution >= 4 is 22.6 Å². The fourth-order valence-corrected chi connectivity index (χ4v) is 2.35. The van der Waals surface area contributed by atoms with Crippen LogP contribution in [-0.4, -0.2) is 29.1 Å². The van der Waals surface area contributed by atoms with Gasteiger partial charge in [-0.3, -0.25) is 4.79 Å². The van der Waals surface area contributed by atoms with E-state index in [1.165, 1.54) is 0 Å². The molecule has 1 amide bonds. The SMILES string of the molecule is Cc1ccc(OCC(=O)N(C)c2ccc3c(c2)ncn3C)cc1. The number of ether oxygens (including phenoxy) is 1. The molecule has 0 N–H and O–H groups in total. The average molecular weight is 309 g/mol. The van der Waals surface area contributed by atoms with Crippen molar-refractivity contribution in [3.63, 3.8) is 0 Å². The second-order valence-corrected chi connectivity index (χ2v) is 5.58. The van der Waals surface area contributed by atoms with E-state index in [0.29, 0.717) is 5.75 Å². The number of benzene rings is 2. The molecule has 0 saturated heterocycles. The summed E-state index contributed by atoms with van der Waals surface area (Å²) in [4.78, 5) is 18.2. The van der Waals surface area contributed by atoms with Crippen LogP contribution in [0.2, 0.25) is 0 Å².